The molecule has 0 radical (unpaired) electrons. The number of thiazole rings is 1. The third-order valence-corrected chi connectivity index (χ3v) is 3.20. The van der Waals surface area contributed by atoms with E-state index in [-0.39, 0.29) is 5.75 Å². The van der Waals surface area contributed by atoms with Crippen LogP contribution in [-0.4, -0.2) is 28.9 Å². The van der Waals surface area contributed by atoms with E-state index in [4.69, 9.17) is 9.84 Å². The topological polar surface area (TPSA) is 59.4 Å². The van der Waals surface area contributed by atoms with E-state index < -0.39 is 5.97 Å². The molecule has 0 spiro atoms. The molecule has 0 bridgehead atoms. The van der Waals surface area contributed by atoms with Crippen molar-refractivity contribution < 1.29 is 14.6 Å². The molecule has 0 aliphatic carbocycles. The fraction of sp³-hybridized carbons (Fsp3) is 0.429. The van der Waals surface area contributed by atoms with Crippen molar-refractivity contribution in [3.8, 4) is 0 Å². The number of carboxylic acid groups (broad SMARTS) is 1. The van der Waals surface area contributed by atoms with Gasteiger partial charge >= 0.3 is 5.97 Å². The first kappa shape index (κ1) is 10.5. The maximum absolute atomic E-state index is 10.2. The van der Waals surface area contributed by atoms with E-state index in [2.05, 4.69) is 4.98 Å². The van der Waals surface area contributed by atoms with Crippen LogP contribution in [0, 0.1) is 0 Å². The van der Waals surface area contributed by atoms with Gasteiger partial charge in [-0.3, -0.25) is 4.79 Å². The van der Waals surface area contributed by atoms with Gasteiger partial charge in [-0.05, 0) is 0 Å². The second-order valence-corrected chi connectivity index (χ2v) is 4.30. The summed E-state index contributed by atoms with van der Waals surface area (Å²) >= 11 is 2.67. The largest absolute Gasteiger partial charge is 0.481 e. The number of nitrogens with zero attached hydrogens (tertiary/aromatic N) is 1. The lowest BCUT2D eigenvalue weighted by atomic mass is 10.5. The summed E-state index contributed by atoms with van der Waals surface area (Å²) < 4.78 is 5.66. The van der Waals surface area contributed by atoms with Gasteiger partial charge in [0.25, 0.3) is 0 Å². The third kappa shape index (κ3) is 3.75. The number of carbonyl (C=O) groups is 1. The summed E-state index contributed by atoms with van der Waals surface area (Å²) in [5, 5.41) is 10.3. The summed E-state index contributed by atoms with van der Waals surface area (Å²) in [4.78, 5) is 14.4. The highest BCUT2D eigenvalue weighted by molar-refractivity contribution is 8.01. The van der Waals surface area contributed by atoms with Crippen molar-refractivity contribution in [3.05, 3.63) is 11.1 Å². The Morgan fingerprint density at radius 1 is 1.85 bits per heavy atom. The molecule has 6 heteroatoms. The van der Waals surface area contributed by atoms with E-state index in [0.29, 0.717) is 6.61 Å². The number of hydrogen-bond donors (Lipinski definition) is 1. The normalized spacial score (nSPS) is 10.2. The second kappa shape index (κ2) is 5.21. The maximum Gasteiger partial charge on any atom is 0.313 e. The molecule has 1 aromatic heterocycles. The van der Waals surface area contributed by atoms with Gasteiger partial charge < -0.3 is 9.84 Å². The van der Waals surface area contributed by atoms with Crippen molar-refractivity contribution in [1.82, 2.24) is 4.98 Å². The van der Waals surface area contributed by atoms with Crippen molar-refractivity contribution in [2.45, 2.75) is 10.9 Å². The molecular formula is C7H9NO3S2. The summed E-state index contributed by atoms with van der Waals surface area (Å²) in [5.74, 6) is -0.770. The Labute approximate surface area is 83.9 Å². The molecule has 1 aromatic rings. The molecule has 0 fully saturated rings. The first-order valence-corrected chi connectivity index (χ1v) is 5.37. The molecule has 1 heterocycles. The molecular weight excluding hydrogens is 210 g/mol. The van der Waals surface area contributed by atoms with Crippen molar-refractivity contribution in [1.29, 1.82) is 0 Å². The fourth-order valence-electron chi connectivity index (χ4n) is 0.692. The van der Waals surface area contributed by atoms with Crippen molar-refractivity contribution >= 4 is 29.1 Å². The van der Waals surface area contributed by atoms with Crippen LogP contribution in [0.1, 0.15) is 5.69 Å². The molecule has 0 aromatic carbocycles. The van der Waals surface area contributed by atoms with Crippen molar-refractivity contribution in [2.24, 2.45) is 0 Å². The van der Waals surface area contributed by atoms with Crippen LogP contribution >= 0.6 is 23.1 Å². The molecule has 0 saturated carbocycles. The average molecular weight is 219 g/mol. The summed E-state index contributed by atoms with van der Waals surface area (Å²) in [6.07, 6.45) is 0. The first-order valence-electron chi connectivity index (χ1n) is 3.50. The SMILES string of the molecule is COCc1csc(SCC(=O)O)n1. The van der Waals surface area contributed by atoms with Crippen molar-refractivity contribution in [2.75, 3.05) is 12.9 Å². The van der Waals surface area contributed by atoms with Crippen LogP contribution in [0.2, 0.25) is 0 Å². The number of carboxylic acids is 1. The van der Waals surface area contributed by atoms with Gasteiger partial charge in [-0.1, -0.05) is 11.8 Å². The zero-order valence-electron chi connectivity index (χ0n) is 7.02. The molecule has 0 saturated heterocycles. The van der Waals surface area contributed by atoms with Gasteiger partial charge in [-0.15, -0.1) is 11.3 Å². The van der Waals surface area contributed by atoms with Gasteiger partial charge in [0.05, 0.1) is 18.1 Å². The minimum Gasteiger partial charge on any atom is -0.481 e. The Balaban J connectivity index is 2.44. The van der Waals surface area contributed by atoms with E-state index in [9.17, 15) is 4.79 Å². The van der Waals surface area contributed by atoms with Gasteiger partial charge in [0.15, 0.2) is 4.34 Å². The van der Waals surface area contributed by atoms with E-state index in [1.165, 1.54) is 23.1 Å². The molecule has 0 aliphatic heterocycles. The molecule has 0 amide bonds. The minimum atomic E-state index is -0.825. The predicted molar refractivity (Wildman–Crippen MR) is 51.2 cm³/mol. The van der Waals surface area contributed by atoms with E-state index in [1.54, 1.807) is 7.11 Å². The van der Waals surface area contributed by atoms with Crippen LogP contribution in [0.4, 0.5) is 0 Å². The summed E-state index contributed by atoms with van der Waals surface area (Å²) in [6.45, 7) is 0.476. The van der Waals surface area contributed by atoms with Crippen LogP contribution in [0.3, 0.4) is 0 Å². The molecule has 1 N–H and O–H groups in total. The van der Waals surface area contributed by atoms with Gasteiger partial charge in [-0.2, -0.15) is 0 Å². The number of methoxy groups -OCH3 is 1. The maximum atomic E-state index is 10.2. The lowest BCUT2D eigenvalue weighted by Gasteiger charge is -1.91. The minimum absolute atomic E-state index is 0.0555. The molecule has 13 heavy (non-hydrogen) atoms. The highest BCUT2D eigenvalue weighted by Gasteiger charge is 2.04. The number of aliphatic carboxylic acids is 1. The predicted octanol–water partition coefficient (Wildman–Crippen LogP) is 1.47. The lowest BCUT2D eigenvalue weighted by molar-refractivity contribution is -0.133. The van der Waals surface area contributed by atoms with E-state index in [0.717, 1.165) is 10.0 Å². The summed E-state index contributed by atoms with van der Waals surface area (Å²) in [5.41, 5.74) is 0.848. The zero-order chi connectivity index (χ0) is 9.68. The standard InChI is InChI=1S/C7H9NO3S2/c1-11-2-5-3-12-7(8-5)13-4-6(9)10/h3H,2,4H2,1H3,(H,9,10). The molecule has 0 atom stereocenters. The number of aromatic nitrogens is 1. The van der Waals surface area contributed by atoms with Crippen LogP contribution in [0.5, 0.6) is 0 Å². The van der Waals surface area contributed by atoms with Crippen LogP contribution in [0.25, 0.3) is 0 Å². The molecule has 0 unspecified atom stereocenters. The summed E-state index contributed by atoms with van der Waals surface area (Å²) in [6, 6.07) is 0. The lowest BCUT2D eigenvalue weighted by Crippen LogP contribution is -1.97. The summed E-state index contributed by atoms with van der Waals surface area (Å²) in [7, 11) is 1.60. The smallest absolute Gasteiger partial charge is 0.313 e. The van der Waals surface area contributed by atoms with Gasteiger partial charge in [0.2, 0.25) is 0 Å². The Morgan fingerprint density at radius 2 is 2.62 bits per heavy atom. The highest BCUT2D eigenvalue weighted by atomic mass is 32.2. The number of rotatable bonds is 5. The van der Waals surface area contributed by atoms with Gasteiger partial charge in [0.1, 0.15) is 0 Å². The van der Waals surface area contributed by atoms with Crippen molar-refractivity contribution in [3.63, 3.8) is 0 Å². The number of ether oxygens (including phenoxy) is 1. The monoisotopic (exact) mass is 219 g/mol. The van der Waals surface area contributed by atoms with Gasteiger partial charge in [-0.25, -0.2) is 4.98 Å². The van der Waals surface area contributed by atoms with Crippen LogP contribution in [-0.2, 0) is 16.1 Å². The first-order chi connectivity index (χ1) is 6.22. The Hall–Kier alpha value is -0.590. The fourth-order valence-corrected chi connectivity index (χ4v) is 2.24. The highest BCUT2D eigenvalue weighted by Crippen LogP contribution is 2.22. The van der Waals surface area contributed by atoms with Crippen LogP contribution in [0.15, 0.2) is 9.72 Å². The third-order valence-electron chi connectivity index (χ3n) is 1.14. The molecule has 4 nitrogen and oxygen atoms in total. The molecule has 1 rings (SSSR count). The molecule has 0 aliphatic rings. The number of thioether (sulfide) groups is 1. The Morgan fingerprint density at radius 3 is 3.23 bits per heavy atom. The van der Waals surface area contributed by atoms with E-state index >= 15 is 0 Å². The molecule has 72 valence electrons. The van der Waals surface area contributed by atoms with Crippen LogP contribution < -0.4 is 0 Å². The Kier molecular flexibility index (Phi) is 4.20. The second-order valence-electron chi connectivity index (χ2n) is 2.22. The Bertz CT molecular complexity index is 287. The quantitative estimate of drug-likeness (QED) is 0.760. The average Bonchev–Trinajstić information content (AvgIpc) is 2.50. The number of hydrogen-bond acceptors (Lipinski definition) is 5. The van der Waals surface area contributed by atoms with E-state index in [1.807, 2.05) is 5.38 Å². The zero-order valence-corrected chi connectivity index (χ0v) is 8.65. The van der Waals surface area contributed by atoms with Gasteiger partial charge in [0, 0.05) is 12.5 Å².